The summed E-state index contributed by atoms with van der Waals surface area (Å²) in [6.07, 6.45) is 24.9. The van der Waals surface area contributed by atoms with Gasteiger partial charge in [-0.15, -0.1) is 0 Å². The molecular formula is C33H58O4. The van der Waals surface area contributed by atoms with Gasteiger partial charge in [-0.3, -0.25) is 4.79 Å². The van der Waals surface area contributed by atoms with Crippen LogP contribution in [-0.2, 0) is 4.79 Å². The van der Waals surface area contributed by atoms with Crippen molar-refractivity contribution < 1.29 is 20.1 Å². The van der Waals surface area contributed by atoms with Gasteiger partial charge in [0.1, 0.15) is 0 Å². The van der Waals surface area contributed by atoms with Crippen molar-refractivity contribution in [1.82, 2.24) is 0 Å². The van der Waals surface area contributed by atoms with Crippen molar-refractivity contribution in [2.45, 2.75) is 161 Å². The van der Waals surface area contributed by atoms with E-state index in [1.165, 1.54) is 83.5 Å². The molecule has 0 radical (unpaired) electrons. The number of aliphatic hydroxyl groups is 2. The molecule has 0 aromatic heterocycles. The summed E-state index contributed by atoms with van der Waals surface area (Å²) in [5, 5.41) is 31.7. The molecule has 3 aliphatic carbocycles. The Morgan fingerprint density at radius 2 is 1.68 bits per heavy atom. The summed E-state index contributed by atoms with van der Waals surface area (Å²) in [6, 6.07) is 0. The van der Waals surface area contributed by atoms with Crippen molar-refractivity contribution in [2.75, 3.05) is 0 Å². The van der Waals surface area contributed by atoms with E-state index in [-0.39, 0.29) is 30.0 Å². The summed E-state index contributed by atoms with van der Waals surface area (Å²) in [6.45, 7) is 4.52. The molecule has 0 aliphatic heterocycles. The lowest BCUT2D eigenvalue weighted by molar-refractivity contribution is -0.136. The van der Waals surface area contributed by atoms with E-state index in [0.29, 0.717) is 24.2 Å². The maximum Gasteiger partial charge on any atom is 0.303 e. The van der Waals surface area contributed by atoms with Crippen LogP contribution in [0.2, 0.25) is 0 Å². The van der Waals surface area contributed by atoms with Crippen molar-refractivity contribution in [2.24, 2.45) is 29.1 Å². The Bertz CT molecular complexity index is 696. The molecule has 37 heavy (non-hydrogen) atoms. The summed E-state index contributed by atoms with van der Waals surface area (Å²) >= 11 is 0. The number of hydrogen-bond donors (Lipinski definition) is 3. The zero-order valence-corrected chi connectivity index (χ0v) is 24.1. The molecule has 0 heterocycles. The number of aliphatic carboxylic acids is 1. The summed E-state index contributed by atoms with van der Waals surface area (Å²) in [7, 11) is 0. The van der Waals surface area contributed by atoms with Gasteiger partial charge in [-0.05, 0) is 86.9 Å². The molecule has 214 valence electrons. The molecule has 0 bridgehead atoms. The Morgan fingerprint density at radius 3 is 2.35 bits per heavy atom. The van der Waals surface area contributed by atoms with Crippen LogP contribution in [0.4, 0.5) is 0 Å². The van der Waals surface area contributed by atoms with Crippen LogP contribution in [0.1, 0.15) is 149 Å². The minimum Gasteiger partial charge on any atom is -0.481 e. The molecule has 0 saturated heterocycles. The molecule has 3 N–H and O–H groups in total. The first kappa shape index (κ1) is 30.7. The first-order valence-electron chi connectivity index (χ1n) is 16.2. The van der Waals surface area contributed by atoms with Crippen LogP contribution >= 0.6 is 0 Å². The molecule has 4 heteroatoms. The quantitative estimate of drug-likeness (QED) is 0.133. The third-order valence-corrected chi connectivity index (χ3v) is 10.4. The number of carboxylic acid groups (broad SMARTS) is 1. The fourth-order valence-electron chi connectivity index (χ4n) is 8.55. The van der Waals surface area contributed by atoms with Crippen LogP contribution in [0, 0.1) is 29.1 Å². The van der Waals surface area contributed by atoms with Crippen LogP contribution in [-0.4, -0.2) is 33.5 Å². The average Bonchev–Trinajstić information content (AvgIpc) is 2.90. The Hall–Kier alpha value is -0.870. The number of allylic oxidation sites excluding steroid dienone is 2. The van der Waals surface area contributed by atoms with Crippen molar-refractivity contribution in [1.29, 1.82) is 0 Å². The molecule has 2 unspecified atom stereocenters. The zero-order valence-electron chi connectivity index (χ0n) is 24.1. The second kappa shape index (κ2) is 15.7. The van der Waals surface area contributed by atoms with Gasteiger partial charge >= 0.3 is 5.97 Å². The lowest BCUT2D eigenvalue weighted by Gasteiger charge is -2.65. The summed E-state index contributed by atoms with van der Waals surface area (Å²) in [5.41, 5.74) is 1.71. The molecule has 3 aliphatic rings. The molecule has 0 spiro atoms. The van der Waals surface area contributed by atoms with Gasteiger partial charge in [-0.2, -0.15) is 0 Å². The first-order chi connectivity index (χ1) is 17.9. The van der Waals surface area contributed by atoms with Gasteiger partial charge in [-0.25, -0.2) is 0 Å². The van der Waals surface area contributed by atoms with E-state index in [0.717, 1.165) is 38.5 Å². The normalized spacial score (nSPS) is 32.2. The maximum absolute atomic E-state index is 11.3. The minimum absolute atomic E-state index is 0.154. The summed E-state index contributed by atoms with van der Waals surface area (Å²) in [4.78, 5) is 11.3. The number of aliphatic hydroxyl groups excluding tert-OH is 2. The third kappa shape index (κ3) is 8.07. The molecular weight excluding hydrogens is 460 g/mol. The Balaban J connectivity index is 1.79. The molecule has 3 fully saturated rings. The molecule has 0 amide bonds. The third-order valence-electron chi connectivity index (χ3n) is 10.4. The predicted octanol–water partition coefficient (Wildman–Crippen LogP) is 8.44. The Morgan fingerprint density at radius 1 is 0.973 bits per heavy atom. The fourth-order valence-corrected chi connectivity index (χ4v) is 8.55. The highest BCUT2D eigenvalue weighted by atomic mass is 16.4. The molecule has 6 atom stereocenters. The van der Waals surface area contributed by atoms with E-state index in [1.54, 1.807) is 5.57 Å². The zero-order chi connectivity index (χ0) is 26.7. The highest BCUT2D eigenvalue weighted by molar-refractivity contribution is 5.66. The first-order valence-corrected chi connectivity index (χ1v) is 16.2. The lowest BCUT2D eigenvalue weighted by Crippen LogP contribution is -2.59. The van der Waals surface area contributed by atoms with Crippen molar-refractivity contribution in [3.8, 4) is 0 Å². The van der Waals surface area contributed by atoms with Gasteiger partial charge in [0.2, 0.25) is 0 Å². The van der Waals surface area contributed by atoms with Crippen LogP contribution in [0.3, 0.4) is 0 Å². The predicted molar refractivity (Wildman–Crippen MR) is 152 cm³/mol. The lowest BCUT2D eigenvalue weighted by atomic mass is 9.40. The van der Waals surface area contributed by atoms with Gasteiger partial charge < -0.3 is 15.3 Å². The number of hydrogen-bond acceptors (Lipinski definition) is 3. The average molecular weight is 519 g/mol. The van der Waals surface area contributed by atoms with Crippen LogP contribution in [0.5, 0.6) is 0 Å². The highest BCUT2D eigenvalue weighted by Gasteiger charge is 2.61. The van der Waals surface area contributed by atoms with Gasteiger partial charge in [0, 0.05) is 6.42 Å². The van der Waals surface area contributed by atoms with Crippen molar-refractivity contribution in [3.63, 3.8) is 0 Å². The fraction of sp³-hybridized carbons (Fsp3) is 0.909. The SMILES string of the molecule is CCCCCCC1C(=CCCC(=O)O)[C@]2(CCCCCC)CC[C@H](O)[C@@H](CCC(O)C3CCCCC3)[C@H]12. The van der Waals surface area contributed by atoms with E-state index in [4.69, 9.17) is 0 Å². The minimum atomic E-state index is -0.710. The van der Waals surface area contributed by atoms with E-state index in [2.05, 4.69) is 19.9 Å². The molecule has 4 nitrogen and oxygen atoms in total. The number of carboxylic acids is 1. The maximum atomic E-state index is 11.3. The van der Waals surface area contributed by atoms with Gasteiger partial charge in [0.15, 0.2) is 0 Å². The van der Waals surface area contributed by atoms with Gasteiger partial charge in [0.05, 0.1) is 12.2 Å². The van der Waals surface area contributed by atoms with Crippen LogP contribution < -0.4 is 0 Å². The monoisotopic (exact) mass is 518 g/mol. The topological polar surface area (TPSA) is 77.8 Å². The molecule has 3 saturated carbocycles. The second-order valence-corrected chi connectivity index (χ2v) is 12.9. The van der Waals surface area contributed by atoms with Crippen LogP contribution in [0.25, 0.3) is 0 Å². The molecule has 0 aromatic rings. The number of rotatable bonds is 17. The molecule has 0 aromatic carbocycles. The van der Waals surface area contributed by atoms with Gasteiger partial charge in [0.25, 0.3) is 0 Å². The summed E-state index contributed by atoms with van der Waals surface area (Å²) in [5.74, 6) is 0.993. The second-order valence-electron chi connectivity index (χ2n) is 12.9. The smallest absolute Gasteiger partial charge is 0.303 e. The summed E-state index contributed by atoms with van der Waals surface area (Å²) < 4.78 is 0. The van der Waals surface area contributed by atoms with Crippen molar-refractivity contribution in [3.05, 3.63) is 11.6 Å². The standard InChI is InChI=1S/C33H58O4/c1-3-5-7-12-17-26-28(18-14-19-31(36)37)33(23-13-8-6-4-2)24-22-30(35)27(32(26)33)20-21-29(34)25-15-10-9-11-16-25/h18,25-27,29-30,32,34-35H,3-17,19-24H2,1-2H3,(H,36,37)/t26?,27-,29?,30+,32+,33+/m1/s1. The largest absolute Gasteiger partial charge is 0.481 e. The van der Waals surface area contributed by atoms with Crippen LogP contribution in [0.15, 0.2) is 11.6 Å². The number of unbranched alkanes of at least 4 members (excludes halogenated alkanes) is 6. The van der Waals surface area contributed by atoms with Gasteiger partial charge in [-0.1, -0.05) is 96.1 Å². The van der Waals surface area contributed by atoms with E-state index in [1.807, 2.05) is 0 Å². The van der Waals surface area contributed by atoms with E-state index >= 15 is 0 Å². The number of fused-ring (bicyclic) bond motifs is 1. The Labute approximate surface area is 227 Å². The van der Waals surface area contributed by atoms with E-state index < -0.39 is 5.97 Å². The Kier molecular flexibility index (Phi) is 13.0. The number of carbonyl (C=O) groups is 1. The van der Waals surface area contributed by atoms with E-state index in [9.17, 15) is 20.1 Å². The van der Waals surface area contributed by atoms with Crippen molar-refractivity contribution >= 4 is 5.97 Å². The molecule has 3 rings (SSSR count). The highest BCUT2D eigenvalue weighted by Crippen LogP contribution is 2.68.